The lowest BCUT2D eigenvalue weighted by Gasteiger charge is -2.24. The van der Waals surface area contributed by atoms with Gasteiger partial charge in [-0.3, -0.25) is 0 Å². The Hall–Kier alpha value is -0.760. The van der Waals surface area contributed by atoms with E-state index in [2.05, 4.69) is 10.2 Å². The van der Waals surface area contributed by atoms with Gasteiger partial charge in [0.25, 0.3) is 0 Å². The number of nitrogens with two attached hydrogens (primary N) is 1. The largest absolute Gasteiger partial charge is 0.402 e. The summed E-state index contributed by atoms with van der Waals surface area (Å²) >= 11 is 0.698. The number of thioether (sulfide) groups is 1. The zero-order valence-corrected chi connectivity index (χ0v) is 12.2. The van der Waals surface area contributed by atoms with Crippen molar-refractivity contribution in [1.29, 1.82) is 0 Å². The van der Waals surface area contributed by atoms with E-state index in [1.54, 1.807) is 6.92 Å². The Morgan fingerprint density at radius 1 is 1.30 bits per heavy atom. The number of hydrogen-bond donors (Lipinski definition) is 1. The van der Waals surface area contributed by atoms with Crippen molar-refractivity contribution in [3.8, 4) is 0 Å². The van der Waals surface area contributed by atoms with Crippen LogP contribution in [0.25, 0.3) is 0 Å². The van der Waals surface area contributed by atoms with Gasteiger partial charge in [0.15, 0.2) is 5.16 Å². The third kappa shape index (κ3) is 3.46. The van der Waals surface area contributed by atoms with Gasteiger partial charge in [-0.2, -0.15) is 13.2 Å². The summed E-state index contributed by atoms with van der Waals surface area (Å²) in [6.45, 7) is 2.35. The lowest BCUT2D eigenvalue weighted by atomic mass is 10.1. The fraction of sp³-hybridized carbons (Fsp3) is 0.833. The van der Waals surface area contributed by atoms with Gasteiger partial charge in [0.1, 0.15) is 11.1 Å². The van der Waals surface area contributed by atoms with Crippen LogP contribution in [0.3, 0.4) is 0 Å². The highest BCUT2D eigenvalue weighted by atomic mass is 32.2. The standard InChI is InChI=1S/C12H19F3N4S/c1-2-8(16)10(12(13,14)15)20-11-18-17-9-6-4-3-5-7-19(9)11/h8,10H,2-7,16H2,1H3. The predicted molar refractivity (Wildman–Crippen MR) is 71.5 cm³/mol. The van der Waals surface area contributed by atoms with Gasteiger partial charge < -0.3 is 10.3 Å². The maximum atomic E-state index is 13.1. The van der Waals surface area contributed by atoms with E-state index in [4.69, 9.17) is 5.73 Å². The topological polar surface area (TPSA) is 56.7 Å². The summed E-state index contributed by atoms with van der Waals surface area (Å²) in [4.78, 5) is 0. The summed E-state index contributed by atoms with van der Waals surface area (Å²) in [5.74, 6) is 0.788. The smallest absolute Gasteiger partial charge is 0.326 e. The van der Waals surface area contributed by atoms with Gasteiger partial charge in [-0.15, -0.1) is 10.2 Å². The van der Waals surface area contributed by atoms with E-state index in [-0.39, 0.29) is 6.42 Å². The predicted octanol–water partition coefficient (Wildman–Crippen LogP) is 2.76. The molecule has 0 aromatic carbocycles. The second kappa shape index (κ2) is 6.34. The molecule has 0 amide bonds. The number of nitrogens with zero attached hydrogens (tertiary/aromatic N) is 3. The molecule has 0 fully saturated rings. The van der Waals surface area contributed by atoms with Crippen molar-refractivity contribution in [1.82, 2.24) is 14.8 Å². The fourth-order valence-corrected chi connectivity index (χ4v) is 3.41. The molecule has 0 saturated carbocycles. The van der Waals surface area contributed by atoms with Crippen molar-refractivity contribution in [3.63, 3.8) is 0 Å². The molecule has 0 saturated heterocycles. The highest BCUT2D eigenvalue weighted by Gasteiger charge is 2.44. The molecule has 1 aliphatic rings. The molecule has 2 N–H and O–H groups in total. The van der Waals surface area contributed by atoms with Gasteiger partial charge in [0.05, 0.1) is 0 Å². The number of fused-ring (bicyclic) bond motifs is 1. The molecule has 1 aromatic heterocycles. The van der Waals surface area contributed by atoms with Crippen LogP contribution < -0.4 is 5.73 Å². The quantitative estimate of drug-likeness (QED) is 0.869. The van der Waals surface area contributed by atoms with Crippen molar-refractivity contribution in [2.75, 3.05) is 0 Å². The molecule has 1 aromatic rings. The number of rotatable bonds is 4. The van der Waals surface area contributed by atoms with E-state index >= 15 is 0 Å². The Labute approximate surface area is 120 Å². The summed E-state index contributed by atoms with van der Waals surface area (Å²) in [6, 6.07) is -0.932. The Balaban J connectivity index is 2.21. The maximum absolute atomic E-state index is 13.1. The summed E-state index contributed by atoms with van der Waals surface area (Å²) in [7, 11) is 0. The molecule has 0 radical (unpaired) electrons. The monoisotopic (exact) mass is 308 g/mol. The van der Waals surface area contributed by atoms with Gasteiger partial charge in [0.2, 0.25) is 0 Å². The van der Waals surface area contributed by atoms with Gasteiger partial charge in [-0.25, -0.2) is 0 Å². The highest BCUT2D eigenvalue weighted by molar-refractivity contribution is 7.99. The average molecular weight is 308 g/mol. The van der Waals surface area contributed by atoms with Crippen LogP contribution in [0.4, 0.5) is 13.2 Å². The molecule has 114 valence electrons. The van der Waals surface area contributed by atoms with Crippen molar-refractivity contribution >= 4 is 11.8 Å². The Morgan fingerprint density at radius 3 is 2.70 bits per heavy atom. The van der Waals surface area contributed by atoms with E-state index in [0.717, 1.165) is 31.5 Å². The Kier molecular flexibility index (Phi) is 4.95. The van der Waals surface area contributed by atoms with E-state index in [9.17, 15) is 13.2 Å². The highest BCUT2D eigenvalue weighted by Crippen LogP contribution is 2.37. The van der Waals surface area contributed by atoms with Gasteiger partial charge >= 0.3 is 6.18 Å². The molecule has 2 atom stereocenters. The lowest BCUT2D eigenvalue weighted by molar-refractivity contribution is -0.132. The van der Waals surface area contributed by atoms with E-state index in [1.807, 2.05) is 4.57 Å². The molecular weight excluding hydrogens is 289 g/mol. The van der Waals surface area contributed by atoms with Crippen molar-refractivity contribution in [3.05, 3.63) is 5.82 Å². The van der Waals surface area contributed by atoms with Crippen molar-refractivity contribution < 1.29 is 13.2 Å². The first kappa shape index (κ1) is 15.6. The van der Waals surface area contributed by atoms with Crippen LogP contribution in [-0.2, 0) is 13.0 Å². The van der Waals surface area contributed by atoms with Crippen LogP contribution in [-0.4, -0.2) is 32.2 Å². The fourth-order valence-electron chi connectivity index (χ4n) is 2.27. The molecule has 8 heteroatoms. The zero-order valence-electron chi connectivity index (χ0n) is 11.4. The first-order valence-electron chi connectivity index (χ1n) is 6.84. The minimum Gasteiger partial charge on any atom is -0.326 e. The van der Waals surface area contributed by atoms with E-state index in [1.165, 1.54) is 0 Å². The number of aryl methyl sites for hydroxylation is 1. The number of halogens is 3. The SMILES string of the molecule is CCC(N)C(Sc1nnc2n1CCCCC2)C(F)(F)F. The third-order valence-electron chi connectivity index (χ3n) is 3.49. The maximum Gasteiger partial charge on any atom is 0.402 e. The summed E-state index contributed by atoms with van der Waals surface area (Å²) in [5, 5.41) is 6.66. The van der Waals surface area contributed by atoms with Crippen LogP contribution in [0.15, 0.2) is 5.16 Å². The first-order chi connectivity index (χ1) is 9.43. The minimum absolute atomic E-state index is 0.276. The molecule has 20 heavy (non-hydrogen) atoms. The summed E-state index contributed by atoms with van der Waals surface area (Å²) < 4.78 is 41.1. The van der Waals surface area contributed by atoms with Crippen LogP contribution in [0, 0.1) is 0 Å². The summed E-state index contributed by atoms with van der Waals surface area (Å²) in [5.41, 5.74) is 5.63. The molecule has 2 heterocycles. The van der Waals surface area contributed by atoms with Gasteiger partial charge in [-0.1, -0.05) is 25.1 Å². The molecular formula is C12H19F3N4S. The molecule has 1 aliphatic heterocycles. The average Bonchev–Trinajstić information content (AvgIpc) is 2.61. The molecule has 0 spiro atoms. The molecule has 0 bridgehead atoms. The number of aromatic nitrogens is 3. The summed E-state index contributed by atoms with van der Waals surface area (Å²) in [6.07, 6.45) is -0.237. The van der Waals surface area contributed by atoms with E-state index in [0.29, 0.717) is 23.5 Å². The van der Waals surface area contributed by atoms with Gasteiger partial charge in [0, 0.05) is 19.0 Å². The lowest BCUT2D eigenvalue weighted by Crippen LogP contribution is -2.42. The minimum atomic E-state index is -4.34. The molecule has 2 unspecified atom stereocenters. The Bertz CT molecular complexity index is 446. The second-order valence-electron chi connectivity index (χ2n) is 5.01. The first-order valence-corrected chi connectivity index (χ1v) is 7.72. The Morgan fingerprint density at radius 2 is 2.05 bits per heavy atom. The zero-order chi connectivity index (χ0) is 14.8. The van der Waals surface area contributed by atoms with Crippen LogP contribution >= 0.6 is 11.8 Å². The third-order valence-corrected chi connectivity index (χ3v) is 4.87. The van der Waals surface area contributed by atoms with Crippen LogP contribution in [0.2, 0.25) is 0 Å². The molecule has 0 aliphatic carbocycles. The molecule has 2 rings (SSSR count). The normalized spacial score (nSPS) is 19.2. The van der Waals surface area contributed by atoms with Crippen LogP contribution in [0.5, 0.6) is 0 Å². The van der Waals surface area contributed by atoms with Crippen molar-refractivity contribution in [2.24, 2.45) is 5.73 Å². The second-order valence-corrected chi connectivity index (χ2v) is 6.12. The number of hydrogen-bond acceptors (Lipinski definition) is 4. The van der Waals surface area contributed by atoms with Crippen molar-refractivity contribution in [2.45, 2.75) is 68.2 Å². The van der Waals surface area contributed by atoms with Gasteiger partial charge in [-0.05, 0) is 19.3 Å². The number of alkyl halides is 3. The molecule has 4 nitrogen and oxygen atoms in total. The van der Waals surface area contributed by atoms with Crippen LogP contribution in [0.1, 0.15) is 38.4 Å². The van der Waals surface area contributed by atoms with E-state index < -0.39 is 17.5 Å².